The molecule has 1 aliphatic carbocycles. The van der Waals surface area contributed by atoms with Crippen LogP contribution >= 0.6 is 0 Å². The van der Waals surface area contributed by atoms with Gasteiger partial charge in [-0.1, -0.05) is 42.5 Å². The first-order valence-electron chi connectivity index (χ1n) is 8.32. The van der Waals surface area contributed by atoms with E-state index in [-0.39, 0.29) is 12.2 Å². The fraction of sp³-hybridized carbons (Fsp3) is 0.579. The molecule has 120 valence electrons. The van der Waals surface area contributed by atoms with Crippen LogP contribution < -0.4 is 0 Å². The molecule has 0 amide bonds. The number of hydrogen-bond donors (Lipinski definition) is 1. The Labute approximate surface area is 132 Å². The van der Waals surface area contributed by atoms with Crippen LogP contribution in [0.5, 0.6) is 0 Å². The number of methoxy groups -OCH3 is 1. The summed E-state index contributed by atoms with van der Waals surface area (Å²) in [5, 5.41) is 10.2. The van der Waals surface area contributed by atoms with Gasteiger partial charge in [0.25, 0.3) is 0 Å². The molecule has 0 aromatic heterocycles. The molecule has 1 N–H and O–H groups in total. The third-order valence-corrected chi connectivity index (χ3v) is 5.08. The van der Waals surface area contributed by atoms with Crippen LogP contribution in [0.25, 0.3) is 0 Å². The lowest BCUT2D eigenvalue weighted by Crippen LogP contribution is -2.20. The molecule has 1 saturated heterocycles. The Morgan fingerprint density at radius 2 is 2.18 bits per heavy atom. The number of hydrogen-bond acceptors (Lipinski definition) is 3. The second-order valence-corrected chi connectivity index (χ2v) is 6.43. The zero-order valence-electron chi connectivity index (χ0n) is 13.2. The molecule has 1 aliphatic heterocycles. The van der Waals surface area contributed by atoms with Crippen molar-refractivity contribution in [2.75, 3.05) is 13.7 Å². The molecule has 3 heteroatoms. The molecule has 3 nitrogen and oxygen atoms in total. The molecular formula is C19H26O3. The predicted octanol–water partition coefficient (Wildman–Crippen LogP) is 2.98. The van der Waals surface area contributed by atoms with Crippen molar-refractivity contribution in [1.29, 1.82) is 0 Å². The number of ether oxygens (including phenoxy) is 2. The molecule has 1 heterocycles. The number of benzene rings is 1. The lowest BCUT2D eigenvalue weighted by atomic mass is 9.91. The van der Waals surface area contributed by atoms with E-state index in [1.54, 1.807) is 7.11 Å². The van der Waals surface area contributed by atoms with E-state index in [0.29, 0.717) is 17.9 Å². The molecule has 0 bridgehead atoms. The van der Waals surface area contributed by atoms with Gasteiger partial charge in [-0.05, 0) is 30.7 Å². The van der Waals surface area contributed by atoms with E-state index < -0.39 is 0 Å². The summed E-state index contributed by atoms with van der Waals surface area (Å²) in [7, 11) is 1.78. The first kappa shape index (κ1) is 15.7. The second kappa shape index (κ2) is 7.40. The summed E-state index contributed by atoms with van der Waals surface area (Å²) >= 11 is 0. The maximum atomic E-state index is 10.2. The van der Waals surface area contributed by atoms with E-state index in [1.807, 2.05) is 24.3 Å². The van der Waals surface area contributed by atoms with Gasteiger partial charge >= 0.3 is 0 Å². The molecule has 1 aromatic rings. The van der Waals surface area contributed by atoms with Crippen LogP contribution in [0.15, 0.2) is 42.5 Å². The van der Waals surface area contributed by atoms with Crippen molar-refractivity contribution in [2.45, 2.75) is 44.0 Å². The fourth-order valence-corrected chi connectivity index (χ4v) is 3.84. The molecule has 0 radical (unpaired) electrons. The van der Waals surface area contributed by atoms with Crippen LogP contribution in [0.1, 0.15) is 24.8 Å². The minimum absolute atomic E-state index is 0.230. The topological polar surface area (TPSA) is 38.7 Å². The molecule has 0 unspecified atom stereocenters. The molecule has 1 saturated carbocycles. The van der Waals surface area contributed by atoms with Crippen molar-refractivity contribution in [3.8, 4) is 0 Å². The molecule has 2 fully saturated rings. The van der Waals surface area contributed by atoms with Crippen LogP contribution in [0.3, 0.4) is 0 Å². The monoisotopic (exact) mass is 302 g/mol. The smallest absolute Gasteiger partial charge is 0.0724 e. The average molecular weight is 302 g/mol. The quantitative estimate of drug-likeness (QED) is 0.821. The van der Waals surface area contributed by atoms with Gasteiger partial charge in [0.05, 0.1) is 18.3 Å². The van der Waals surface area contributed by atoms with Crippen molar-refractivity contribution >= 4 is 0 Å². The molecule has 22 heavy (non-hydrogen) atoms. The Morgan fingerprint density at radius 3 is 2.95 bits per heavy atom. The second-order valence-electron chi connectivity index (χ2n) is 6.43. The van der Waals surface area contributed by atoms with E-state index in [1.165, 1.54) is 5.56 Å². The van der Waals surface area contributed by atoms with Crippen molar-refractivity contribution in [3.63, 3.8) is 0 Å². The van der Waals surface area contributed by atoms with Gasteiger partial charge in [0.1, 0.15) is 0 Å². The summed E-state index contributed by atoms with van der Waals surface area (Å²) in [4.78, 5) is 0. The summed E-state index contributed by atoms with van der Waals surface area (Å²) < 4.78 is 11.4. The SMILES string of the molecule is CO[C@@H]1C[C@@H]2OCC[C@@H]2[C@H]1/C=C/[C@@H](O)CCc1ccccc1. The first-order chi connectivity index (χ1) is 10.8. The third kappa shape index (κ3) is 3.60. The van der Waals surface area contributed by atoms with E-state index in [9.17, 15) is 5.11 Å². The molecule has 3 rings (SSSR count). The number of rotatable bonds is 6. The van der Waals surface area contributed by atoms with Crippen LogP contribution in [-0.2, 0) is 15.9 Å². The predicted molar refractivity (Wildman–Crippen MR) is 86.7 cm³/mol. The van der Waals surface area contributed by atoms with Crippen molar-refractivity contribution in [2.24, 2.45) is 11.8 Å². The van der Waals surface area contributed by atoms with Gasteiger partial charge in [0.2, 0.25) is 0 Å². The molecule has 0 spiro atoms. The lowest BCUT2D eigenvalue weighted by molar-refractivity contribution is 0.0530. The van der Waals surface area contributed by atoms with Crippen LogP contribution in [0.4, 0.5) is 0 Å². The first-order valence-corrected chi connectivity index (χ1v) is 8.32. The van der Waals surface area contributed by atoms with Crippen molar-refractivity contribution in [1.82, 2.24) is 0 Å². The number of aliphatic hydroxyl groups is 1. The highest BCUT2D eigenvalue weighted by atomic mass is 16.5. The highest BCUT2D eigenvalue weighted by Crippen LogP contribution is 2.42. The molecular weight excluding hydrogens is 276 g/mol. The average Bonchev–Trinajstić information content (AvgIpc) is 3.12. The molecule has 1 aromatic carbocycles. The van der Waals surface area contributed by atoms with Gasteiger partial charge in [0.15, 0.2) is 0 Å². The molecule has 5 atom stereocenters. The summed E-state index contributed by atoms with van der Waals surface area (Å²) in [6.07, 6.45) is 8.07. The van der Waals surface area contributed by atoms with Crippen molar-refractivity contribution in [3.05, 3.63) is 48.0 Å². The highest BCUT2D eigenvalue weighted by molar-refractivity contribution is 5.15. The van der Waals surface area contributed by atoms with E-state index in [0.717, 1.165) is 32.3 Å². The zero-order chi connectivity index (χ0) is 15.4. The maximum Gasteiger partial charge on any atom is 0.0724 e. The number of fused-ring (bicyclic) bond motifs is 1. The fourth-order valence-electron chi connectivity index (χ4n) is 3.84. The third-order valence-electron chi connectivity index (χ3n) is 5.08. The van der Waals surface area contributed by atoms with Crippen molar-refractivity contribution < 1.29 is 14.6 Å². The summed E-state index contributed by atoms with van der Waals surface area (Å²) in [5.74, 6) is 0.936. The Hall–Kier alpha value is -1.16. The number of aliphatic hydroxyl groups excluding tert-OH is 1. The van der Waals surface area contributed by atoms with Gasteiger partial charge in [-0.25, -0.2) is 0 Å². The minimum Gasteiger partial charge on any atom is -0.389 e. The molecule has 2 aliphatic rings. The lowest BCUT2D eigenvalue weighted by Gasteiger charge is -2.19. The Balaban J connectivity index is 1.53. The Morgan fingerprint density at radius 1 is 1.36 bits per heavy atom. The van der Waals surface area contributed by atoms with Gasteiger partial charge < -0.3 is 14.6 Å². The summed E-state index contributed by atoms with van der Waals surface area (Å²) in [5.41, 5.74) is 1.27. The van der Waals surface area contributed by atoms with Gasteiger partial charge in [-0.2, -0.15) is 0 Å². The minimum atomic E-state index is -0.390. The Bertz CT molecular complexity index is 485. The normalized spacial score (nSPS) is 32.5. The summed E-state index contributed by atoms with van der Waals surface area (Å²) in [6.45, 7) is 0.868. The maximum absolute atomic E-state index is 10.2. The summed E-state index contributed by atoms with van der Waals surface area (Å²) in [6, 6.07) is 10.3. The van der Waals surface area contributed by atoms with Gasteiger partial charge in [0, 0.05) is 26.1 Å². The Kier molecular flexibility index (Phi) is 5.29. The largest absolute Gasteiger partial charge is 0.389 e. The standard InChI is InChI=1S/C19H26O3/c1-21-18-13-19-17(11-12-22-19)16(18)10-9-15(20)8-7-14-5-3-2-4-6-14/h2-6,9-10,15-20H,7-8,11-13H2,1H3/b10-9+/t15-,16+,17+,18+,19-/m0/s1. The van der Waals surface area contributed by atoms with Gasteiger partial charge in [-0.15, -0.1) is 0 Å². The van der Waals surface area contributed by atoms with E-state index in [2.05, 4.69) is 18.2 Å². The van der Waals surface area contributed by atoms with Crippen LogP contribution in [0, 0.1) is 11.8 Å². The van der Waals surface area contributed by atoms with E-state index >= 15 is 0 Å². The highest BCUT2D eigenvalue weighted by Gasteiger charge is 2.45. The van der Waals surface area contributed by atoms with Crippen LogP contribution in [0.2, 0.25) is 0 Å². The van der Waals surface area contributed by atoms with Crippen LogP contribution in [-0.4, -0.2) is 37.1 Å². The zero-order valence-corrected chi connectivity index (χ0v) is 13.2. The van der Waals surface area contributed by atoms with E-state index in [4.69, 9.17) is 9.47 Å². The number of aryl methyl sites for hydroxylation is 1. The van der Waals surface area contributed by atoms with Gasteiger partial charge in [-0.3, -0.25) is 0 Å².